The summed E-state index contributed by atoms with van der Waals surface area (Å²) in [6, 6.07) is 1.60. The van der Waals surface area contributed by atoms with Crippen LogP contribution in [0.1, 0.15) is 11.4 Å². The molecule has 0 bridgehead atoms. The molecule has 5 nitrogen and oxygen atoms in total. The van der Waals surface area contributed by atoms with Crippen LogP contribution in [-0.2, 0) is 6.18 Å². The lowest BCUT2D eigenvalue weighted by Crippen LogP contribution is -2.08. The number of rotatable bonds is 1. The number of aromatic nitrogens is 4. The second kappa shape index (κ2) is 4.55. The van der Waals surface area contributed by atoms with E-state index in [4.69, 9.17) is 4.74 Å². The summed E-state index contributed by atoms with van der Waals surface area (Å²) >= 11 is 3.32. The first kappa shape index (κ1) is 14.1. The first-order valence-corrected chi connectivity index (χ1v) is 6.57. The van der Waals surface area contributed by atoms with E-state index in [9.17, 15) is 13.2 Å². The molecular formula is C12H8BrF3N4O. The molecule has 0 unspecified atom stereocenters. The summed E-state index contributed by atoms with van der Waals surface area (Å²) in [5.74, 6) is 0.267. The van der Waals surface area contributed by atoms with Crippen LogP contribution in [0.3, 0.4) is 0 Å². The van der Waals surface area contributed by atoms with Crippen LogP contribution in [0.4, 0.5) is 13.2 Å². The predicted molar refractivity (Wildman–Crippen MR) is 72.3 cm³/mol. The van der Waals surface area contributed by atoms with Crippen LogP contribution in [0.5, 0.6) is 5.88 Å². The Kier molecular flexibility index (Phi) is 3.05. The second-order valence-corrected chi connectivity index (χ2v) is 5.18. The van der Waals surface area contributed by atoms with Gasteiger partial charge in [0.2, 0.25) is 5.88 Å². The van der Waals surface area contributed by atoms with Gasteiger partial charge in [-0.05, 0) is 22.9 Å². The molecule has 0 saturated carbocycles. The summed E-state index contributed by atoms with van der Waals surface area (Å²) in [6.45, 7) is 1.50. The summed E-state index contributed by atoms with van der Waals surface area (Å²) in [4.78, 5) is 11.8. The lowest BCUT2D eigenvalue weighted by Gasteiger charge is -2.09. The van der Waals surface area contributed by atoms with E-state index in [0.717, 1.165) is 6.33 Å². The molecular weight excluding hydrogens is 353 g/mol. The standard InChI is InChI=1S/C12H8BrF3N4O/c1-5-9-10(12(14,15)16)17-4-20(9)11-8(18-5)6(13)3-7(19-11)21-2/h3-4H,1-2H3. The van der Waals surface area contributed by atoms with E-state index in [1.54, 1.807) is 6.07 Å². The summed E-state index contributed by atoms with van der Waals surface area (Å²) in [5, 5.41) is 0. The van der Waals surface area contributed by atoms with Crippen molar-refractivity contribution < 1.29 is 17.9 Å². The van der Waals surface area contributed by atoms with Crippen molar-refractivity contribution in [2.75, 3.05) is 7.11 Å². The van der Waals surface area contributed by atoms with E-state index in [2.05, 4.69) is 30.9 Å². The van der Waals surface area contributed by atoms with Crippen molar-refractivity contribution >= 4 is 32.6 Å². The Morgan fingerprint density at radius 1 is 1.29 bits per heavy atom. The highest BCUT2D eigenvalue weighted by molar-refractivity contribution is 9.10. The average Bonchev–Trinajstić information content (AvgIpc) is 2.85. The zero-order chi connectivity index (χ0) is 15.4. The van der Waals surface area contributed by atoms with Gasteiger partial charge in [0.1, 0.15) is 17.4 Å². The zero-order valence-corrected chi connectivity index (χ0v) is 12.4. The fraction of sp³-hybridized carbons (Fsp3) is 0.250. The smallest absolute Gasteiger partial charge is 0.435 e. The molecule has 0 saturated heterocycles. The highest BCUT2D eigenvalue weighted by Gasteiger charge is 2.37. The van der Waals surface area contributed by atoms with Crippen molar-refractivity contribution in [3.63, 3.8) is 0 Å². The third kappa shape index (κ3) is 2.11. The van der Waals surface area contributed by atoms with Gasteiger partial charge in [0, 0.05) is 6.07 Å². The SMILES string of the molecule is COc1cc(Br)c2nc(C)c3c(C(F)(F)F)ncn3c2n1. The Bertz CT molecular complexity index is 859. The van der Waals surface area contributed by atoms with Crippen molar-refractivity contribution in [1.82, 2.24) is 19.4 Å². The van der Waals surface area contributed by atoms with E-state index in [-0.39, 0.29) is 22.7 Å². The minimum Gasteiger partial charge on any atom is -0.481 e. The minimum absolute atomic E-state index is 0.109. The third-order valence-electron chi connectivity index (χ3n) is 3.00. The highest BCUT2D eigenvalue weighted by Crippen LogP contribution is 2.34. The minimum atomic E-state index is -4.55. The molecule has 0 radical (unpaired) electrons. The van der Waals surface area contributed by atoms with Crippen LogP contribution in [0.15, 0.2) is 16.9 Å². The summed E-state index contributed by atoms with van der Waals surface area (Å²) < 4.78 is 45.9. The van der Waals surface area contributed by atoms with Crippen molar-refractivity contribution in [2.45, 2.75) is 13.1 Å². The largest absolute Gasteiger partial charge is 0.481 e. The zero-order valence-electron chi connectivity index (χ0n) is 10.9. The van der Waals surface area contributed by atoms with E-state index in [1.165, 1.54) is 18.4 Å². The molecule has 0 aliphatic rings. The summed E-state index contributed by atoms with van der Waals surface area (Å²) in [5.41, 5.74) is -0.186. The number of halogens is 4. The third-order valence-corrected chi connectivity index (χ3v) is 3.60. The monoisotopic (exact) mass is 360 g/mol. The maximum Gasteiger partial charge on any atom is 0.435 e. The van der Waals surface area contributed by atoms with E-state index in [1.807, 2.05) is 0 Å². The fourth-order valence-corrected chi connectivity index (χ4v) is 2.59. The summed E-state index contributed by atoms with van der Waals surface area (Å²) in [6.07, 6.45) is -3.46. The molecule has 0 atom stereocenters. The number of hydrogen-bond acceptors (Lipinski definition) is 4. The topological polar surface area (TPSA) is 52.3 Å². The lowest BCUT2D eigenvalue weighted by molar-refractivity contribution is -0.139. The van der Waals surface area contributed by atoms with Gasteiger partial charge < -0.3 is 4.74 Å². The highest BCUT2D eigenvalue weighted by atomic mass is 79.9. The van der Waals surface area contributed by atoms with Gasteiger partial charge in [0.05, 0.1) is 17.3 Å². The Balaban J connectivity index is 2.49. The van der Waals surface area contributed by atoms with Gasteiger partial charge in [-0.1, -0.05) is 0 Å². The van der Waals surface area contributed by atoms with Gasteiger partial charge in [0.15, 0.2) is 11.3 Å². The molecule has 0 spiro atoms. The molecule has 3 aromatic rings. The number of hydrogen-bond donors (Lipinski definition) is 0. The van der Waals surface area contributed by atoms with Crippen LogP contribution < -0.4 is 4.74 Å². The van der Waals surface area contributed by atoms with Gasteiger partial charge in [-0.2, -0.15) is 18.2 Å². The van der Waals surface area contributed by atoms with E-state index >= 15 is 0 Å². The van der Waals surface area contributed by atoms with Crippen LogP contribution in [0.2, 0.25) is 0 Å². The molecule has 3 rings (SSSR count). The molecule has 0 N–H and O–H groups in total. The Morgan fingerprint density at radius 3 is 2.62 bits per heavy atom. The van der Waals surface area contributed by atoms with E-state index < -0.39 is 11.9 Å². The van der Waals surface area contributed by atoms with Crippen LogP contribution in [0.25, 0.3) is 16.7 Å². The maximum absolute atomic E-state index is 13.0. The summed E-state index contributed by atoms with van der Waals surface area (Å²) in [7, 11) is 1.43. The molecule has 3 aromatic heterocycles. The number of pyridine rings is 1. The van der Waals surface area contributed by atoms with Gasteiger partial charge in [-0.25, -0.2) is 9.97 Å². The molecule has 3 heterocycles. The molecule has 9 heteroatoms. The Hall–Kier alpha value is -1.90. The van der Waals surface area contributed by atoms with Crippen LogP contribution >= 0.6 is 15.9 Å². The number of fused-ring (bicyclic) bond motifs is 3. The maximum atomic E-state index is 13.0. The van der Waals surface area contributed by atoms with Gasteiger partial charge >= 0.3 is 6.18 Å². The number of methoxy groups -OCH3 is 1. The molecule has 0 aliphatic heterocycles. The van der Waals surface area contributed by atoms with Crippen molar-refractivity contribution in [3.8, 4) is 5.88 Å². The number of alkyl halides is 3. The fourth-order valence-electron chi connectivity index (χ4n) is 2.13. The van der Waals surface area contributed by atoms with Gasteiger partial charge in [0.25, 0.3) is 0 Å². The normalized spacial score (nSPS) is 12.3. The lowest BCUT2D eigenvalue weighted by atomic mass is 10.3. The molecule has 0 amide bonds. The van der Waals surface area contributed by atoms with Crippen molar-refractivity contribution in [1.29, 1.82) is 0 Å². The van der Waals surface area contributed by atoms with Crippen LogP contribution in [0, 0.1) is 6.92 Å². The Morgan fingerprint density at radius 2 is 2.00 bits per heavy atom. The van der Waals surface area contributed by atoms with Crippen LogP contribution in [-0.4, -0.2) is 26.5 Å². The van der Waals surface area contributed by atoms with Gasteiger partial charge in [-0.15, -0.1) is 0 Å². The molecule has 21 heavy (non-hydrogen) atoms. The van der Waals surface area contributed by atoms with E-state index in [0.29, 0.717) is 9.99 Å². The number of imidazole rings is 1. The molecule has 0 aliphatic carbocycles. The molecule has 0 fully saturated rings. The number of ether oxygens (including phenoxy) is 1. The number of nitrogens with zero attached hydrogens (tertiary/aromatic N) is 4. The number of aryl methyl sites for hydroxylation is 1. The molecule has 110 valence electrons. The van der Waals surface area contributed by atoms with Crippen molar-refractivity contribution in [2.24, 2.45) is 0 Å². The predicted octanol–water partition coefficient (Wildman–Crippen LogP) is 3.38. The first-order valence-electron chi connectivity index (χ1n) is 5.78. The quantitative estimate of drug-likeness (QED) is 0.667. The Labute approximate surface area is 124 Å². The second-order valence-electron chi connectivity index (χ2n) is 4.33. The van der Waals surface area contributed by atoms with Gasteiger partial charge in [-0.3, -0.25) is 4.40 Å². The van der Waals surface area contributed by atoms with Crippen molar-refractivity contribution in [3.05, 3.63) is 28.3 Å². The first-order chi connectivity index (χ1) is 9.82. The average molecular weight is 361 g/mol. The molecule has 0 aromatic carbocycles.